The van der Waals surface area contributed by atoms with E-state index in [2.05, 4.69) is 19.1 Å². The van der Waals surface area contributed by atoms with Gasteiger partial charge >= 0.3 is 5.97 Å². The molecule has 0 rings (SSSR count). The van der Waals surface area contributed by atoms with Gasteiger partial charge in [0.25, 0.3) is 7.82 Å². The summed E-state index contributed by atoms with van der Waals surface area (Å²) in [6.07, 6.45) is 19.1. The summed E-state index contributed by atoms with van der Waals surface area (Å²) in [6.45, 7) is 3.60. The molecule has 0 aliphatic rings. The summed E-state index contributed by atoms with van der Waals surface area (Å²) in [4.78, 5) is 24.2. The molecule has 0 aliphatic carbocycles. The maximum absolute atomic E-state index is 12.2. The lowest BCUT2D eigenvalue weighted by Crippen LogP contribution is -2.42. The lowest BCUT2D eigenvalue weighted by atomic mass is 10.1. The molecule has 0 radical (unpaired) electrons. The molecule has 3 atom stereocenters. The standard InChI is InChI=1S/C28H56NO7P/c1-6-8-9-10-11-12-13-14-15-16-17-18-19-20-21-22-28(31)35-27(24-30)25-34-37(32,33)36-26(7-2)23-29(3,4)5/h14-15,26-27,30H,6-13,16-25H2,1-5H3/b15-14-/t26?,27-/m0/s1. The van der Waals surface area contributed by atoms with Crippen LogP contribution in [0.15, 0.2) is 12.2 Å². The van der Waals surface area contributed by atoms with Gasteiger partial charge in [-0.2, -0.15) is 0 Å². The topological polar surface area (TPSA) is 105 Å². The highest BCUT2D eigenvalue weighted by Crippen LogP contribution is 2.40. The third-order valence-electron chi connectivity index (χ3n) is 6.05. The number of carbonyl (C=O) groups excluding carboxylic acids is 1. The Morgan fingerprint density at radius 3 is 1.95 bits per heavy atom. The van der Waals surface area contributed by atoms with Crippen LogP contribution in [-0.2, 0) is 23.1 Å². The number of unbranched alkanes of at least 4 members (excludes halogenated alkanes) is 11. The van der Waals surface area contributed by atoms with Crippen LogP contribution in [0, 0.1) is 0 Å². The molecule has 8 nitrogen and oxygen atoms in total. The van der Waals surface area contributed by atoms with Gasteiger partial charge in [0.15, 0.2) is 0 Å². The molecular weight excluding hydrogens is 493 g/mol. The molecule has 2 unspecified atom stereocenters. The maximum Gasteiger partial charge on any atom is 0.306 e. The predicted molar refractivity (Wildman–Crippen MR) is 148 cm³/mol. The summed E-state index contributed by atoms with van der Waals surface area (Å²) < 4.78 is 28.0. The molecule has 1 N–H and O–H groups in total. The first-order chi connectivity index (χ1) is 17.5. The van der Waals surface area contributed by atoms with Crippen molar-refractivity contribution < 1.29 is 37.6 Å². The van der Waals surface area contributed by atoms with Gasteiger partial charge in [0.05, 0.1) is 34.4 Å². The van der Waals surface area contributed by atoms with Gasteiger partial charge in [0.2, 0.25) is 0 Å². The molecular formula is C28H56NO7P. The molecule has 37 heavy (non-hydrogen) atoms. The number of hydrogen-bond acceptors (Lipinski definition) is 7. The minimum atomic E-state index is -4.58. The largest absolute Gasteiger partial charge is 0.756 e. The van der Waals surface area contributed by atoms with Gasteiger partial charge < -0.3 is 28.3 Å². The minimum Gasteiger partial charge on any atom is -0.756 e. The van der Waals surface area contributed by atoms with Crippen molar-refractivity contribution in [3.05, 3.63) is 12.2 Å². The first-order valence-corrected chi connectivity index (χ1v) is 15.9. The molecule has 0 heterocycles. The summed E-state index contributed by atoms with van der Waals surface area (Å²) in [5.74, 6) is -0.460. The van der Waals surface area contributed by atoms with Crippen LogP contribution in [0.2, 0.25) is 0 Å². The van der Waals surface area contributed by atoms with E-state index < -0.39 is 39.2 Å². The zero-order valence-corrected chi connectivity index (χ0v) is 25.2. The number of quaternary nitrogens is 1. The number of hydrogen-bond donors (Lipinski definition) is 1. The normalized spacial score (nSPS) is 15.5. The smallest absolute Gasteiger partial charge is 0.306 e. The van der Waals surface area contributed by atoms with Gasteiger partial charge in [-0.1, -0.05) is 77.4 Å². The molecule has 9 heteroatoms. The predicted octanol–water partition coefficient (Wildman–Crippen LogP) is 5.91. The SMILES string of the molecule is CCCCCCCC/C=C\CCCCCCCC(=O)O[C@@H](CO)COP(=O)([O-])OC(CC)C[N+](C)(C)C. The summed E-state index contributed by atoms with van der Waals surface area (Å²) in [5, 5.41) is 9.46. The fourth-order valence-corrected chi connectivity index (χ4v) is 4.93. The van der Waals surface area contributed by atoms with E-state index in [1.54, 1.807) is 0 Å². The first kappa shape index (κ1) is 36.2. The monoisotopic (exact) mass is 549 g/mol. The van der Waals surface area contributed by atoms with Crippen molar-refractivity contribution in [3.8, 4) is 0 Å². The van der Waals surface area contributed by atoms with Crippen molar-refractivity contribution in [2.45, 2.75) is 122 Å². The fraction of sp³-hybridized carbons (Fsp3) is 0.893. The number of phosphoric ester groups is 1. The van der Waals surface area contributed by atoms with Crippen LogP contribution in [0.25, 0.3) is 0 Å². The molecule has 0 saturated carbocycles. The average molecular weight is 550 g/mol. The summed E-state index contributed by atoms with van der Waals surface area (Å²) >= 11 is 0. The Bertz CT molecular complexity index is 637. The number of aliphatic hydroxyl groups excluding tert-OH is 1. The second-order valence-electron chi connectivity index (χ2n) is 11.0. The lowest BCUT2D eigenvalue weighted by molar-refractivity contribution is -0.873. The number of nitrogens with zero attached hydrogens (tertiary/aromatic N) is 1. The van der Waals surface area contributed by atoms with Crippen LogP contribution in [0.4, 0.5) is 0 Å². The van der Waals surface area contributed by atoms with Gasteiger partial charge in [0, 0.05) is 6.42 Å². The van der Waals surface area contributed by atoms with Gasteiger partial charge in [-0.25, -0.2) is 0 Å². The number of ether oxygens (including phenoxy) is 1. The number of esters is 1. The van der Waals surface area contributed by atoms with Crippen molar-refractivity contribution in [2.75, 3.05) is 40.9 Å². The van der Waals surface area contributed by atoms with Gasteiger partial charge in [-0.3, -0.25) is 9.36 Å². The van der Waals surface area contributed by atoms with Crippen LogP contribution >= 0.6 is 7.82 Å². The summed E-state index contributed by atoms with van der Waals surface area (Å²) in [7, 11) is 1.25. The van der Waals surface area contributed by atoms with E-state index in [0.29, 0.717) is 23.9 Å². The van der Waals surface area contributed by atoms with Crippen LogP contribution in [-0.4, -0.2) is 68.7 Å². The van der Waals surface area contributed by atoms with Crippen LogP contribution in [0.5, 0.6) is 0 Å². The molecule has 0 bridgehead atoms. The number of allylic oxidation sites excluding steroid dienone is 2. The van der Waals surface area contributed by atoms with Crippen molar-refractivity contribution in [1.82, 2.24) is 0 Å². The molecule has 0 aliphatic heterocycles. The summed E-state index contributed by atoms with van der Waals surface area (Å²) in [5.41, 5.74) is 0. The molecule has 0 aromatic rings. The molecule has 0 aromatic heterocycles. The third-order valence-corrected chi connectivity index (χ3v) is 7.07. The average Bonchev–Trinajstić information content (AvgIpc) is 2.82. The molecule has 0 spiro atoms. The van der Waals surface area contributed by atoms with Gasteiger partial charge in [-0.15, -0.1) is 0 Å². The highest BCUT2D eigenvalue weighted by molar-refractivity contribution is 7.45. The molecule has 220 valence electrons. The van der Waals surface area contributed by atoms with Crippen molar-refractivity contribution in [1.29, 1.82) is 0 Å². The van der Waals surface area contributed by atoms with Crippen LogP contribution in [0.1, 0.15) is 110 Å². The number of rotatable bonds is 25. The fourth-order valence-electron chi connectivity index (χ4n) is 3.94. The Morgan fingerprint density at radius 2 is 1.43 bits per heavy atom. The van der Waals surface area contributed by atoms with Gasteiger partial charge in [0.1, 0.15) is 18.8 Å². The van der Waals surface area contributed by atoms with E-state index in [1.807, 2.05) is 28.1 Å². The third kappa shape index (κ3) is 24.0. The molecule has 0 fully saturated rings. The number of likely N-dealkylation sites (N-methyl/N-ethyl adjacent to an activating group) is 1. The quantitative estimate of drug-likeness (QED) is 0.0496. The number of phosphoric acid groups is 1. The lowest BCUT2D eigenvalue weighted by Gasteiger charge is -2.33. The minimum absolute atomic E-state index is 0.238. The number of carbonyl (C=O) groups is 1. The number of aliphatic hydroxyl groups is 1. The Kier molecular flexibility index (Phi) is 21.6. The van der Waals surface area contributed by atoms with E-state index in [4.69, 9.17) is 13.8 Å². The van der Waals surface area contributed by atoms with Crippen molar-refractivity contribution in [2.24, 2.45) is 0 Å². The van der Waals surface area contributed by atoms with E-state index in [1.165, 1.54) is 44.9 Å². The maximum atomic E-state index is 12.2. The van der Waals surface area contributed by atoms with Crippen LogP contribution < -0.4 is 4.89 Å². The molecule has 0 amide bonds. The van der Waals surface area contributed by atoms with Crippen molar-refractivity contribution in [3.63, 3.8) is 0 Å². The van der Waals surface area contributed by atoms with Gasteiger partial charge in [-0.05, 0) is 38.5 Å². The second kappa shape index (κ2) is 22.1. The Balaban J connectivity index is 3.92. The zero-order valence-electron chi connectivity index (χ0n) is 24.3. The van der Waals surface area contributed by atoms with E-state index in [9.17, 15) is 19.4 Å². The Labute approximate surface area is 227 Å². The Morgan fingerprint density at radius 1 is 0.892 bits per heavy atom. The Hall–Kier alpha value is -0.760. The molecule has 0 saturated heterocycles. The van der Waals surface area contributed by atoms with E-state index >= 15 is 0 Å². The second-order valence-corrected chi connectivity index (χ2v) is 12.3. The summed E-state index contributed by atoms with van der Waals surface area (Å²) in [6, 6.07) is 0. The highest BCUT2D eigenvalue weighted by Gasteiger charge is 2.24. The van der Waals surface area contributed by atoms with Crippen molar-refractivity contribution >= 4 is 13.8 Å². The zero-order chi connectivity index (χ0) is 28.0. The molecule has 0 aromatic carbocycles. The van der Waals surface area contributed by atoms with E-state index in [-0.39, 0.29) is 6.42 Å². The van der Waals surface area contributed by atoms with Crippen LogP contribution in [0.3, 0.4) is 0 Å². The first-order valence-electron chi connectivity index (χ1n) is 14.4. The highest BCUT2D eigenvalue weighted by atomic mass is 31.2. The van der Waals surface area contributed by atoms with E-state index in [0.717, 1.165) is 32.1 Å².